The van der Waals surface area contributed by atoms with Gasteiger partial charge in [0.2, 0.25) is 11.8 Å². The number of likely N-dealkylation sites (tertiary alicyclic amines) is 1. The monoisotopic (exact) mass is 381 g/mol. The van der Waals surface area contributed by atoms with Crippen LogP contribution in [0.4, 0.5) is 0 Å². The lowest BCUT2D eigenvalue weighted by Gasteiger charge is -2.36. The standard InChI is InChI=1S/C23H31N3O2/c1-17(2)19-9-7-18(8-10-19)15-24-11-13-25(14-12-24)16-26-22(27)20-5-3-4-6-21(20)23(26)28/h3-4,7-10,17,20-21H,5-6,11-16H2,1-2H3/t20-,21+. The van der Waals surface area contributed by atoms with Crippen LogP contribution in [-0.2, 0) is 16.1 Å². The molecule has 4 rings (SSSR count). The number of allylic oxidation sites excluding steroid dienone is 2. The summed E-state index contributed by atoms with van der Waals surface area (Å²) in [6, 6.07) is 8.93. The molecule has 2 atom stereocenters. The van der Waals surface area contributed by atoms with Gasteiger partial charge in [-0.1, -0.05) is 50.3 Å². The molecule has 5 nitrogen and oxygen atoms in total. The third-order valence-corrected chi connectivity index (χ3v) is 6.46. The number of piperazine rings is 1. The molecule has 0 radical (unpaired) electrons. The summed E-state index contributed by atoms with van der Waals surface area (Å²) in [5.41, 5.74) is 2.73. The molecule has 1 aliphatic carbocycles. The smallest absolute Gasteiger partial charge is 0.234 e. The van der Waals surface area contributed by atoms with Crippen molar-refractivity contribution in [3.63, 3.8) is 0 Å². The van der Waals surface area contributed by atoms with E-state index < -0.39 is 0 Å². The van der Waals surface area contributed by atoms with Crippen LogP contribution in [0.25, 0.3) is 0 Å². The summed E-state index contributed by atoms with van der Waals surface area (Å²) in [5, 5.41) is 0. The van der Waals surface area contributed by atoms with Crippen molar-refractivity contribution in [2.24, 2.45) is 11.8 Å². The van der Waals surface area contributed by atoms with E-state index >= 15 is 0 Å². The number of hydrogen-bond donors (Lipinski definition) is 0. The molecule has 1 aromatic carbocycles. The maximum atomic E-state index is 12.6. The number of carbonyl (C=O) groups is 2. The second kappa shape index (κ2) is 8.18. The minimum absolute atomic E-state index is 0.0343. The van der Waals surface area contributed by atoms with Crippen LogP contribution in [0.15, 0.2) is 36.4 Å². The number of imide groups is 1. The molecule has 0 spiro atoms. The van der Waals surface area contributed by atoms with E-state index in [0.717, 1.165) is 45.6 Å². The van der Waals surface area contributed by atoms with Crippen molar-refractivity contribution < 1.29 is 9.59 Å². The van der Waals surface area contributed by atoms with Crippen LogP contribution in [0.3, 0.4) is 0 Å². The summed E-state index contributed by atoms with van der Waals surface area (Å²) in [4.78, 5) is 31.5. The van der Waals surface area contributed by atoms with E-state index in [4.69, 9.17) is 0 Å². The average molecular weight is 382 g/mol. The Morgan fingerprint density at radius 1 is 0.857 bits per heavy atom. The first-order valence-electron chi connectivity index (χ1n) is 10.6. The summed E-state index contributed by atoms with van der Waals surface area (Å²) in [6.07, 6.45) is 5.52. The zero-order valence-electron chi connectivity index (χ0n) is 17.0. The summed E-state index contributed by atoms with van der Waals surface area (Å²) < 4.78 is 0. The van der Waals surface area contributed by atoms with Gasteiger partial charge in [0.15, 0.2) is 0 Å². The van der Waals surface area contributed by atoms with Gasteiger partial charge in [-0.25, -0.2) is 0 Å². The van der Waals surface area contributed by atoms with E-state index in [1.165, 1.54) is 16.0 Å². The number of nitrogens with zero attached hydrogens (tertiary/aromatic N) is 3. The Morgan fingerprint density at radius 3 is 1.93 bits per heavy atom. The Kier molecular flexibility index (Phi) is 5.65. The summed E-state index contributed by atoms with van der Waals surface area (Å²) >= 11 is 0. The van der Waals surface area contributed by atoms with Crippen molar-refractivity contribution in [1.29, 1.82) is 0 Å². The minimum atomic E-state index is -0.118. The van der Waals surface area contributed by atoms with E-state index in [1.54, 1.807) is 0 Å². The minimum Gasteiger partial charge on any atom is -0.297 e. The largest absolute Gasteiger partial charge is 0.297 e. The molecule has 1 aromatic rings. The molecule has 150 valence electrons. The van der Waals surface area contributed by atoms with Gasteiger partial charge < -0.3 is 0 Å². The molecule has 2 heterocycles. The molecular formula is C23H31N3O2. The maximum Gasteiger partial charge on any atom is 0.234 e. The molecule has 2 fully saturated rings. The fourth-order valence-electron chi connectivity index (χ4n) is 4.56. The first kappa shape index (κ1) is 19.3. The van der Waals surface area contributed by atoms with Crippen molar-refractivity contribution in [2.75, 3.05) is 32.8 Å². The number of carbonyl (C=O) groups excluding carboxylic acids is 2. The molecule has 0 saturated carbocycles. The quantitative estimate of drug-likeness (QED) is 0.581. The Bertz CT molecular complexity index is 722. The molecule has 0 unspecified atom stereocenters. The van der Waals surface area contributed by atoms with E-state index in [2.05, 4.69) is 47.9 Å². The van der Waals surface area contributed by atoms with Gasteiger partial charge in [0.1, 0.15) is 0 Å². The van der Waals surface area contributed by atoms with Gasteiger partial charge in [0.25, 0.3) is 0 Å². The Balaban J connectivity index is 1.27. The molecule has 0 N–H and O–H groups in total. The van der Waals surface area contributed by atoms with E-state index in [9.17, 15) is 9.59 Å². The van der Waals surface area contributed by atoms with Crippen LogP contribution >= 0.6 is 0 Å². The van der Waals surface area contributed by atoms with E-state index in [1.807, 2.05) is 12.2 Å². The molecule has 28 heavy (non-hydrogen) atoms. The SMILES string of the molecule is CC(C)c1ccc(CN2CCN(CN3C(=O)[C@H]4CC=CC[C@H]4C3=O)CC2)cc1. The summed E-state index contributed by atoms with van der Waals surface area (Å²) in [6.45, 7) is 9.59. The molecule has 2 saturated heterocycles. The van der Waals surface area contributed by atoms with Gasteiger partial charge >= 0.3 is 0 Å². The molecule has 2 aliphatic heterocycles. The van der Waals surface area contributed by atoms with Gasteiger partial charge in [0.05, 0.1) is 18.5 Å². The van der Waals surface area contributed by atoms with Crippen LogP contribution in [-0.4, -0.2) is 59.4 Å². The fourth-order valence-corrected chi connectivity index (χ4v) is 4.56. The van der Waals surface area contributed by atoms with Gasteiger partial charge in [-0.3, -0.25) is 24.3 Å². The van der Waals surface area contributed by atoms with Crippen molar-refractivity contribution in [3.05, 3.63) is 47.5 Å². The van der Waals surface area contributed by atoms with Crippen molar-refractivity contribution in [1.82, 2.24) is 14.7 Å². The summed E-state index contributed by atoms with van der Waals surface area (Å²) in [7, 11) is 0. The van der Waals surface area contributed by atoms with Gasteiger partial charge in [0, 0.05) is 32.7 Å². The molecule has 5 heteroatoms. The zero-order valence-corrected chi connectivity index (χ0v) is 17.0. The normalized spacial score (nSPS) is 26.3. The lowest BCUT2D eigenvalue weighted by Crippen LogP contribution is -2.51. The Hall–Kier alpha value is -1.98. The predicted molar refractivity (Wildman–Crippen MR) is 109 cm³/mol. The number of amides is 2. The predicted octanol–water partition coefficient (Wildman–Crippen LogP) is 2.84. The molecule has 2 amide bonds. The maximum absolute atomic E-state index is 12.6. The second-order valence-electron chi connectivity index (χ2n) is 8.69. The average Bonchev–Trinajstić information content (AvgIpc) is 2.95. The van der Waals surface area contributed by atoms with Gasteiger partial charge in [-0.2, -0.15) is 0 Å². The van der Waals surface area contributed by atoms with Crippen LogP contribution in [0.5, 0.6) is 0 Å². The Labute approximate surface area is 168 Å². The highest BCUT2D eigenvalue weighted by molar-refractivity contribution is 6.05. The topological polar surface area (TPSA) is 43.9 Å². The van der Waals surface area contributed by atoms with Gasteiger partial charge in [-0.15, -0.1) is 0 Å². The Morgan fingerprint density at radius 2 is 1.39 bits per heavy atom. The van der Waals surface area contributed by atoms with Crippen molar-refractivity contribution in [2.45, 2.75) is 39.2 Å². The van der Waals surface area contributed by atoms with E-state index in [-0.39, 0.29) is 23.7 Å². The van der Waals surface area contributed by atoms with Crippen molar-refractivity contribution in [3.8, 4) is 0 Å². The lowest BCUT2D eigenvalue weighted by molar-refractivity contribution is -0.142. The lowest BCUT2D eigenvalue weighted by atomic mass is 9.85. The highest BCUT2D eigenvalue weighted by Crippen LogP contribution is 2.35. The number of fused-ring (bicyclic) bond motifs is 1. The highest BCUT2D eigenvalue weighted by Gasteiger charge is 2.47. The third-order valence-electron chi connectivity index (χ3n) is 6.46. The highest BCUT2D eigenvalue weighted by atomic mass is 16.2. The van der Waals surface area contributed by atoms with Crippen LogP contribution in [0.2, 0.25) is 0 Å². The van der Waals surface area contributed by atoms with Crippen LogP contribution in [0, 0.1) is 11.8 Å². The second-order valence-corrected chi connectivity index (χ2v) is 8.69. The third kappa shape index (κ3) is 3.91. The van der Waals surface area contributed by atoms with Gasteiger partial charge in [-0.05, 0) is 29.9 Å². The first-order chi connectivity index (χ1) is 13.5. The number of hydrogen-bond acceptors (Lipinski definition) is 4. The molecule has 3 aliphatic rings. The molecule has 0 aromatic heterocycles. The van der Waals surface area contributed by atoms with Crippen LogP contribution < -0.4 is 0 Å². The molecular weight excluding hydrogens is 350 g/mol. The molecule has 0 bridgehead atoms. The number of rotatable bonds is 5. The fraction of sp³-hybridized carbons (Fsp3) is 0.565. The van der Waals surface area contributed by atoms with E-state index in [0.29, 0.717) is 12.6 Å². The van der Waals surface area contributed by atoms with Crippen molar-refractivity contribution >= 4 is 11.8 Å². The van der Waals surface area contributed by atoms with Crippen LogP contribution in [0.1, 0.15) is 43.7 Å². The summed E-state index contributed by atoms with van der Waals surface area (Å²) in [5.74, 6) is 0.396. The zero-order chi connectivity index (χ0) is 19.7. The first-order valence-corrected chi connectivity index (χ1v) is 10.6. The number of benzene rings is 1.